The van der Waals surface area contributed by atoms with Crippen molar-refractivity contribution in [1.29, 1.82) is 0 Å². The van der Waals surface area contributed by atoms with Crippen LogP contribution in [0.2, 0.25) is 0 Å². The van der Waals surface area contributed by atoms with Gasteiger partial charge in [-0.15, -0.1) is 12.4 Å². The van der Waals surface area contributed by atoms with Gasteiger partial charge in [0.1, 0.15) is 5.82 Å². The Bertz CT molecular complexity index is 394. The van der Waals surface area contributed by atoms with E-state index in [1.165, 1.54) is 0 Å². The molecule has 6 heteroatoms. The fourth-order valence-corrected chi connectivity index (χ4v) is 1.89. The van der Waals surface area contributed by atoms with Crippen molar-refractivity contribution in [3.63, 3.8) is 0 Å². The fraction of sp³-hybridized carbons (Fsp3) is 0.714. The highest BCUT2D eigenvalue weighted by Crippen LogP contribution is 2.05. The number of hydrogen-bond donors (Lipinski definition) is 2. The van der Waals surface area contributed by atoms with Crippen LogP contribution in [0.25, 0.3) is 0 Å². The molecule has 0 aromatic carbocycles. The van der Waals surface area contributed by atoms with E-state index >= 15 is 0 Å². The summed E-state index contributed by atoms with van der Waals surface area (Å²) in [5.74, 6) is 1.23. The third-order valence-electron chi connectivity index (χ3n) is 3.61. The largest absolute Gasteiger partial charge is 0.355 e. The molecule has 1 amide bonds. The standard InChI is InChI=1S/C14H26N4O.ClH/c1-4-11(2)13(15)14(19)17-7-5-6-9-18-10-8-16-12(18)3;/h8,10-11,13H,4-7,9,15H2,1-3H3,(H,17,19);1H. The molecule has 0 fully saturated rings. The number of rotatable bonds is 8. The normalized spacial score (nSPS) is 13.4. The summed E-state index contributed by atoms with van der Waals surface area (Å²) in [7, 11) is 0. The number of carbonyl (C=O) groups is 1. The summed E-state index contributed by atoms with van der Waals surface area (Å²) < 4.78 is 2.12. The van der Waals surface area contributed by atoms with E-state index in [2.05, 4.69) is 14.9 Å². The molecule has 0 spiro atoms. The number of aryl methyl sites for hydroxylation is 2. The van der Waals surface area contributed by atoms with Gasteiger partial charge in [0, 0.05) is 25.5 Å². The number of halogens is 1. The Hall–Kier alpha value is -1.07. The number of carbonyl (C=O) groups excluding carboxylic acids is 1. The van der Waals surface area contributed by atoms with Gasteiger partial charge in [0.15, 0.2) is 0 Å². The van der Waals surface area contributed by atoms with E-state index in [0.717, 1.165) is 31.6 Å². The Balaban J connectivity index is 0.00000361. The number of imidazole rings is 1. The molecule has 0 bridgehead atoms. The molecule has 0 saturated heterocycles. The second-order valence-corrected chi connectivity index (χ2v) is 5.08. The van der Waals surface area contributed by atoms with Crippen LogP contribution in [-0.2, 0) is 11.3 Å². The third kappa shape index (κ3) is 5.92. The number of nitrogens with one attached hydrogen (secondary N) is 1. The van der Waals surface area contributed by atoms with Crippen LogP contribution in [0.15, 0.2) is 12.4 Å². The topological polar surface area (TPSA) is 72.9 Å². The average Bonchev–Trinajstić information content (AvgIpc) is 2.82. The summed E-state index contributed by atoms with van der Waals surface area (Å²) in [4.78, 5) is 15.9. The van der Waals surface area contributed by atoms with Gasteiger partial charge in [-0.2, -0.15) is 0 Å². The van der Waals surface area contributed by atoms with Crippen molar-refractivity contribution >= 4 is 18.3 Å². The Kier molecular flexibility index (Phi) is 9.25. The summed E-state index contributed by atoms with van der Waals surface area (Å²) in [5, 5.41) is 2.90. The lowest BCUT2D eigenvalue weighted by atomic mass is 9.99. The smallest absolute Gasteiger partial charge is 0.237 e. The van der Waals surface area contributed by atoms with Gasteiger partial charge in [0.2, 0.25) is 5.91 Å². The molecule has 116 valence electrons. The fourth-order valence-electron chi connectivity index (χ4n) is 1.89. The number of nitrogens with zero attached hydrogens (tertiary/aromatic N) is 2. The number of nitrogens with two attached hydrogens (primary N) is 1. The van der Waals surface area contributed by atoms with E-state index in [1.54, 1.807) is 0 Å². The van der Waals surface area contributed by atoms with E-state index in [4.69, 9.17) is 5.73 Å². The first kappa shape index (κ1) is 18.9. The predicted molar refractivity (Wildman–Crippen MR) is 83.9 cm³/mol. The number of hydrogen-bond acceptors (Lipinski definition) is 3. The van der Waals surface area contributed by atoms with Crippen LogP contribution < -0.4 is 11.1 Å². The minimum atomic E-state index is -0.388. The van der Waals surface area contributed by atoms with Gasteiger partial charge in [0.05, 0.1) is 6.04 Å². The van der Waals surface area contributed by atoms with Gasteiger partial charge >= 0.3 is 0 Å². The number of aromatic nitrogens is 2. The molecule has 1 aromatic rings. The van der Waals surface area contributed by atoms with Gasteiger partial charge in [-0.05, 0) is 25.7 Å². The van der Waals surface area contributed by atoms with Crippen LogP contribution in [-0.4, -0.2) is 28.0 Å². The highest BCUT2D eigenvalue weighted by molar-refractivity contribution is 5.85. The van der Waals surface area contributed by atoms with Crippen molar-refractivity contribution in [1.82, 2.24) is 14.9 Å². The zero-order chi connectivity index (χ0) is 14.3. The third-order valence-corrected chi connectivity index (χ3v) is 3.61. The SMILES string of the molecule is CCC(C)C(N)C(=O)NCCCCn1ccnc1C.Cl. The molecule has 0 aliphatic heterocycles. The molecular formula is C14H27ClN4O. The van der Waals surface area contributed by atoms with Crippen molar-refractivity contribution in [2.45, 2.75) is 52.6 Å². The second kappa shape index (κ2) is 9.77. The molecule has 20 heavy (non-hydrogen) atoms. The van der Waals surface area contributed by atoms with Crippen molar-refractivity contribution in [2.75, 3.05) is 6.54 Å². The highest BCUT2D eigenvalue weighted by Gasteiger charge is 2.18. The highest BCUT2D eigenvalue weighted by atomic mass is 35.5. The molecule has 2 unspecified atom stereocenters. The maximum atomic E-state index is 11.7. The summed E-state index contributed by atoms with van der Waals surface area (Å²) in [6.45, 7) is 7.68. The van der Waals surface area contributed by atoms with Crippen LogP contribution in [0, 0.1) is 12.8 Å². The monoisotopic (exact) mass is 302 g/mol. The van der Waals surface area contributed by atoms with Crippen LogP contribution in [0.5, 0.6) is 0 Å². The average molecular weight is 303 g/mol. The second-order valence-electron chi connectivity index (χ2n) is 5.08. The summed E-state index contributed by atoms with van der Waals surface area (Å²) in [6, 6.07) is -0.388. The first-order chi connectivity index (χ1) is 9.06. The zero-order valence-electron chi connectivity index (χ0n) is 12.6. The van der Waals surface area contributed by atoms with Gasteiger partial charge in [-0.25, -0.2) is 4.98 Å². The van der Waals surface area contributed by atoms with E-state index in [-0.39, 0.29) is 30.3 Å². The van der Waals surface area contributed by atoms with E-state index in [0.29, 0.717) is 6.54 Å². The van der Waals surface area contributed by atoms with E-state index in [9.17, 15) is 4.79 Å². The van der Waals surface area contributed by atoms with Gasteiger partial charge in [0.25, 0.3) is 0 Å². The quantitative estimate of drug-likeness (QED) is 0.720. The summed E-state index contributed by atoms with van der Waals surface area (Å²) in [6.07, 6.45) is 6.69. The number of unbranched alkanes of at least 4 members (excludes halogenated alkanes) is 1. The van der Waals surface area contributed by atoms with Crippen molar-refractivity contribution < 1.29 is 4.79 Å². The molecule has 3 N–H and O–H groups in total. The lowest BCUT2D eigenvalue weighted by Crippen LogP contribution is -2.44. The molecule has 2 atom stereocenters. The predicted octanol–water partition coefficient (Wildman–Crippen LogP) is 1.88. The van der Waals surface area contributed by atoms with Gasteiger partial charge < -0.3 is 15.6 Å². The maximum Gasteiger partial charge on any atom is 0.237 e. The minimum absolute atomic E-state index is 0. The molecule has 1 aromatic heterocycles. The van der Waals surface area contributed by atoms with Crippen molar-refractivity contribution in [2.24, 2.45) is 11.7 Å². The molecule has 0 radical (unpaired) electrons. The first-order valence-corrected chi connectivity index (χ1v) is 7.07. The van der Waals surface area contributed by atoms with Crippen LogP contribution in [0.3, 0.4) is 0 Å². The van der Waals surface area contributed by atoms with E-state index < -0.39 is 0 Å². The summed E-state index contributed by atoms with van der Waals surface area (Å²) >= 11 is 0. The Morgan fingerprint density at radius 3 is 2.75 bits per heavy atom. The molecule has 1 rings (SSSR count). The maximum absolute atomic E-state index is 11.7. The van der Waals surface area contributed by atoms with Crippen LogP contribution in [0.1, 0.15) is 38.9 Å². The number of amides is 1. The Morgan fingerprint density at radius 2 is 2.20 bits per heavy atom. The molecule has 5 nitrogen and oxygen atoms in total. The lowest BCUT2D eigenvalue weighted by Gasteiger charge is -2.17. The van der Waals surface area contributed by atoms with Crippen molar-refractivity contribution in [3.8, 4) is 0 Å². The van der Waals surface area contributed by atoms with Crippen molar-refractivity contribution in [3.05, 3.63) is 18.2 Å². The first-order valence-electron chi connectivity index (χ1n) is 7.07. The lowest BCUT2D eigenvalue weighted by molar-refractivity contribution is -0.123. The molecule has 1 heterocycles. The zero-order valence-corrected chi connectivity index (χ0v) is 13.4. The molecular weight excluding hydrogens is 276 g/mol. The molecule has 0 aliphatic rings. The van der Waals surface area contributed by atoms with E-state index in [1.807, 2.05) is 33.2 Å². The Labute approximate surface area is 127 Å². The van der Waals surface area contributed by atoms with Crippen LogP contribution in [0.4, 0.5) is 0 Å². The van der Waals surface area contributed by atoms with Gasteiger partial charge in [-0.1, -0.05) is 20.3 Å². The van der Waals surface area contributed by atoms with Crippen LogP contribution >= 0.6 is 12.4 Å². The molecule has 0 saturated carbocycles. The molecule has 0 aliphatic carbocycles. The van der Waals surface area contributed by atoms with Gasteiger partial charge in [-0.3, -0.25) is 4.79 Å². The minimum Gasteiger partial charge on any atom is -0.355 e. The summed E-state index contributed by atoms with van der Waals surface area (Å²) in [5.41, 5.74) is 5.86. The Morgan fingerprint density at radius 1 is 1.50 bits per heavy atom.